The zero-order chi connectivity index (χ0) is 9.52. The number of aromatic nitrogens is 1. The quantitative estimate of drug-likeness (QED) is 0.711. The second-order valence-electron chi connectivity index (χ2n) is 2.67. The standard InChI is InChI=1S/C11H13NO/c1-2-10-5-3-4-8-12-9-11(13)7-6-10/h3-9,13H,2H2,1H3. The molecule has 0 aliphatic carbocycles. The zero-order valence-electron chi connectivity index (χ0n) is 7.64. The molecule has 0 spiro atoms. The van der Waals surface area contributed by atoms with Crippen LogP contribution in [-0.4, -0.2) is 10.1 Å². The van der Waals surface area contributed by atoms with E-state index in [0.717, 1.165) is 6.42 Å². The van der Waals surface area contributed by atoms with Crippen molar-refractivity contribution < 1.29 is 5.11 Å². The molecule has 2 nitrogen and oxygen atoms in total. The fourth-order valence-electron chi connectivity index (χ4n) is 0.925. The molecule has 0 amide bonds. The molecule has 68 valence electrons. The Morgan fingerprint density at radius 1 is 1.23 bits per heavy atom. The molecular formula is C11H13NO. The first-order chi connectivity index (χ1) is 6.33. The third kappa shape index (κ3) is 3.56. The molecule has 2 heteroatoms. The normalized spacial score (nSPS) is 9.00. The molecule has 13 heavy (non-hydrogen) atoms. The summed E-state index contributed by atoms with van der Waals surface area (Å²) in [6, 6.07) is 9.30. The molecule has 1 aromatic rings. The van der Waals surface area contributed by atoms with Gasteiger partial charge >= 0.3 is 0 Å². The van der Waals surface area contributed by atoms with Crippen molar-refractivity contribution in [3.8, 4) is 5.75 Å². The van der Waals surface area contributed by atoms with Crippen LogP contribution in [0.1, 0.15) is 12.5 Å². The van der Waals surface area contributed by atoms with Gasteiger partial charge in [0.2, 0.25) is 0 Å². The molecule has 1 heterocycles. The lowest BCUT2D eigenvalue weighted by Crippen LogP contribution is -1.73. The molecule has 1 N–H and O–H groups in total. The van der Waals surface area contributed by atoms with Gasteiger partial charge in [0.05, 0.1) is 6.20 Å². The van der Waals surface area contributed by atoms with Crippen LogP contribution in [-0.2, 0) is 6.42 Å². The molecule has 0 fully saturated rings. The van der Waals surface area contributed by atoms with Gasteiger partial charge in [0.15, 0.2) is 0 Å². The predicted octanol–water partition coefficient (Wildman–Crippen LogP) is 2.47. The molecule has 0 bridgehead atoms. The van der Waals surface area contributed by atoms with Gasteiger partial charge in [0.1, 0.15) is 5.75 Å². The van der Waals surface area contributed by atoms with Crippen LogP contribution in [0.3, 0.4) is 0 Å². The van der Waals surface area contributed by atoms with E-state index in [4.69, 9.17) is 0 Å². The van der Waals surface area contributed by atoms with Gasteiger partial charge in [-0.3, -0.25) is 4.98 Å². The SMILES string of the molecule is CCc1ccccncc(O)cc1. The molecule has 1 rings (SSSR count). The van der Waals surface area contributed by atoms with Crippen LogP contribution in [0.15, 0.2) is 42.7 Å². The lowest BCUT2D eigenvalue weighted by Gasteiger charge is -1.89. The number of hydrogen-bond donors (Lipinski definition) is 1. The number of aryl methyl sites for hydroxylation is 1. The van der Waals surface area contributed by atoms with Gasteiger partial charge in [-0.25, -0.2) is 0 Å². The van der Waals surface area contributed by atoms with E-state index in [-0.39, 0.29) is 5.75 Å². The van der Waals surface area contributed by atoms with Crippen LogP contribution < -0.4 is 0 Å². The van der Waals surface area contributed by atoms with E-state index < -0.39 is 0 Å². The minimum absolute atomic E-state index is 0.172. The van der Waals surface area contributed by atoms with E-state index in [1.165, 1.54) is 11.8 Å². The second-order valence-corrected chi connectivity index (χ2v) is 2.67. The summed E-state index contributed by atoms with van der Waals surface area (Å²) in [6.45, 7) is 2.07. The fourth-order valence-corrected chi connectivity index (χ4v) is 0.925. The molecule has 0 aliphatic heterocycles. The van der Waals surface area contributed by atoms with Crippen molar-refractivity contribution in [3.05, 3.63) is 48.3 Å². The molecule has 0 saturated heterocycles. The van der Waals surface area contributed by atoms with Gasteiger partial charge in [-0.1, -0.05) is 25.1 Å². The molecule has 0 aromatic carbocycles. The lowest BCUT2D eigenvalue weighted by molar-refractivity contribution is 0.473. The van der Waals surface area contributed by atoms with E-state index in [9.17, 15) is 5.11 Å². The highest BCUT2D eigenvalue weighted by atomic mass is 16.3. The zero-order valence-corrected chi connectivity index (χ0v) is 7.64. The molecule has 0 saturated carbocycles. The van der Waals surface area contributed by atoms with Gasteiger partial charge in [-0.2, -0.15) is 0 Å². The van der Waals surface area contributed by atoms with Crippen LogP contribution in [0.25, 0.3) is 0 Å². The number of rotatable bonds is 1. The summed E-state index contributed by atoms with van der Waals surface area (Å²) in [6.07, 6.45) is 4.00. The van der Waals surface area contributed by atoms with E-state index >= 15 is 0 Å². The monoisotopic (exact) mass is 175 g/mol. The van der Waals surface area contributed by atoms with Gasteiger partial charge in [-0.15, -0.1) is 0 Å². The van der Waals surface area contributed by atoms with Crippen molar-refractivity contribution >= 4 is 0 Å². The van der Waals surface area contributed by atoms with Crippen LogP contribution >= 0.6 is 0 Å². The highest BCUT2D eigenvalue weighted by Crippen LogP contribution is 2.02. The summed E-state index contributed by atoms with van der Waals surface area (Å²) in [7, 11) is 0. The first kappa shape index (κ1) is 9.52. The van der Waals surface area contributed by atoms with Crippen LogP contribution in [0.2, 0.25) is 0 Å². The molecule has 0 atom stereocenters. The van der Waals surface area contributed by atoms with E-state index in [0.29, 0.717) is 0 Å². The number of hydrogen-bond acceptors (Lipinski definition) is 2. The van der Waals surface area contributed by atoms with Crippen LogP contribution in [0.4, 0.5) is 0 Å². The maximum absolute atomic E-state index is 9.25. The Hall–Kier alpha value is -1.57. The highest BCUT2D eigenvalue weighted by Gasteiger charge is 1.82. The predicted molar refractivity (Wildman–Crippen MR) is 52.9 cm³/mol. The lowest BCUT2D eigenvalue weighted by atomic mass is 10.2. The smallest absolute Gasteiger partial charge is 0.133 e. The summed E-state index contributed by atoms with van der Waals surface area (Å²) in [4.78, 5) is 3.86. The maximum atomic E-state index is 9.25. The minimum Gasteiger partial charge on any atom is -0.506 e. The molecule has 0 radical (unpaired) electrons. The molecule has 0 unspecified atom stereocenters. The van der Waals surface area contributed by atoms with Crippen LogP contribution in [0.5, 0.6) is 5.75 Å². The molecule has 0 aliphatic rings. The first-order valence-electron chi connectivity index (χ1n) is 4.29. The Morgan fingerprint density at radius 2 is 2.08 bits per heavy atom. The van der Waals surface area contributed by atoms with Gasteiger partial charge in [0.25, 0.3) is 0 Å². The Kier molecular flexibility index (Phi) is 3.76. The van der Waals surface area contributed by atoms with E-state index in [1.807, 2.05) is 24.3 Å². The number of aromatic hydroxyl groups is 1. The first-order valence-corrected chi connectivity index (χ1v) is 4.29. The van der Waals surface area contributed by atoms with Gasteiger partial charge in [-0.05, 0) is 24.1 Å². The van der Waals surface area contributed by atoms with Crippen molar-refractivity contribution in [2.75, 3.05) is 0 Å². The Labute approximate surface area is 78.2 Å². The Bertz CT molecular complexity index is 322. The summed E-state index contributed by atoms with van der Waals surface area (Å²) in [5, 5.41) is 9.25. The summed E-state index contributed by atoms with van der Waals surface area (Å²) in [5.74, 6) is 0.172. The van der Waals surface area contributed by atoms with Crippen LogP contribution in [0, 0.1) is 0 Å². The van der Waals surface area contributed by atoms with Gasteiger partial charge < -0.3 is 5.11 Å². The van der Waals surface area contributed by atoms with Crippen molar-refractivity contribution in [1.82, 2.24) is 4.98 Å². The largest absolute Gasteiger partial charge is 0.506 e. The summed E-state index contributed by atoms with van der Waals surface area (Å²) < 4.78 is 0. The topological polar surface area (TPSA) is 33.1 Å². The Balaban J connectivity index is 3.19. The highest BCUT2D eigenvalue weighted by molar-refractivity contribution is 5.17. The fraction of sp³-hybridized carbons (Fsp3) is 0.182. The van der Waals surface area contributed by atoms with Crippen molar-refractivity contribution in [3.63, 3.8) is 0 Å². The summed E-state index contributed by atoms with van der Waals surface area (Å²) in [5.41, 5.74) is 1.17. The molecule has 1 aromatic heterocycles. The van der Waals surface area contributed by atoms with Gasteiger partial charge in [0, 0.05) is 6.20 Å². The Morgan fingerprint density at radius 3 is 2.85 bits per heavy atom. The van der Waals surface area contributed by atoms with Crippen molar-refractivity contribution in [1.29, 1.82) is 0 Å². The van der Waals surface area contributed by atoms with E-state index in [1.54, 1.807) is 12.3 Å². The van der Waals surface area contributed by atoms with E-state index in [2.05, 4.69) is 11.9 Å². The third-order valence-electron chi connectivity index (χ3n) is 1.68. The molecular weight excluding hydrogens is 162 g/mol. The average Bonchev–Trinajstić information content (AvgIpc) is 2.16. The van der Waals surface area contributed by atoms with Crippen molar-refractivity contribution in [2.45, 2.75) is 13.3 Å². The maximum Gasteiger partial charge on any atom is 0.133 e. The summed E-state index contributed by atoms with van der Waals surface area (Å²) >= 11 is 0. The average molecular weight is 175 g/mol. The number of nitrogens with zero attached hydrogens (tertiary/aromatic N) is 1. The minimum atomic E-state index is 0.172. The third-order valence-corrected chi connectivity index (χ3v) is 1.68. The van der Waals surface area contributed by atoms with Crippen molar-refractivity contribution in [2.24, 2.45) is 0 Å². The second kappa shape index (κ2) is 5.14.